The molecule has 5 heteroatoms. The minimum absolute atomic E-state index is 0.0560. The van der Waals surface area contributed by atoms with Gasteiger partial charge in [-0.2, -0.15) is 0 Å². The summed E-state index contributed by atoms with van der Waals surface area (Å²) in [6, 6.07) is 5.76. The number of amides is 1. The second-order valence-corrected chi connectivity index (χ2v) is 6.61. The molecule has 20 heavy (non-hydrogen) atoms. The smallest absolute Gasteiger partial charge is 0.222 e. The van der Waals surface area contributed by atoms with E-state index in [1.807, 2.05) is 19.9 Å². The predicted molar refractivity (Wildman–Crippen MR) is 83.3 cm³/mol. The molecule has 1 unspecified atom stereocenters. The maximum absolute atomic E-state index is 12.1. The molecule has 1 fully saturated rings. The third kappa shape index (κ3) is 3.87. The molecule has 1 aliphatic heterocycles. The zero-order chi connectivity index (χ0) is 14.8. The van der Waals surface area contributed by atoms with Crippen molar-refractivity contribution < 1.29 is 4.79 Å². The molecule has 1 amide bonds. The maximum Gasteiger partial charge on any atom is 0.222 e. The molecular formula is C15H20Cl2N2O. The first-order valence-electron chi connectivity index (χ1n) is 6.88. The van der Waals surface area contributed by atoms with E-state index < -0.39 is 5.54 Å². The number of carbonyl (C=O) groups excluding carboxylic acids is 1. The summed E-state index contributed by atoms with van der Waals surface area (Å²) < 4.78 is 0. The van der Waals surface area contributed by atoms with Crippen LogP contribution in [-0.2, 0) is 10.3 Å². The fourth-order valence-corrected chi connectivity index (χ4v) is 2.81. The summed E-state index contributed by atoms with van der Waals surface area (Å²) in [6.45, 7) is 4.94. The highest BCUT2D eigenvalue weighted by Crippen LogP contribution is 2.28. The summed E-state index contributed by atoms with van der Waals surface area (Å²) in [5.74, 6) is 0.0560. The third-order valence-corrected chi connectivity index (χ3v) is 4.43. The quantitative estimate of drug-likeness (QED) is 0.893. The Kier molecular flexibility index (Phi) is 4.95. The van der Waals surface area contributed by atoms with Crippen molar-refractivity contribution in [3.05, 3.63) is 33.8 Å². The van der Waals surface area contributed by atoms with E-state index in [1.165, 1.54) is 0 Å². The zero-order valence-corrected chi connectivity index (χ0v) is 13.3. The minimum Gasteiger partial charge on any atom is -0.347 e. The third-order valence-electron chi connectivity index (χ3n) is 3.69. The van der Waals surface area contributed by atoms with Crippen molar-refractivity contribution in [2.45, 2.75) is 44.7 Å². The van der Waals surface area contributed by atoms with Gasteiger partial charge in [-0.05, 0) is 50.9 Å². The Labute approximate surface area is 130 Å². The molecule has 0 aliphatic carbocycles. The number of hydrogen-bond acceptors (Lipinski definition) is 2. The maximum atomic E-state index is 12.1. The minimum atomic E-state index is -0.468. The average Bonchev–Trinajstić information content (AvgIpc) is 2.84. The van der Waals surface area contributed by atoms with Crippen LogP contribution in [0.25, 0.3) is 0 Å². The molecule has 0 saturated carbocycles. The van der Waals surface area contributed by atoms with Gasteiger partial charge in [0.25, 0.3) is 0 Å². The summed E-state index contributed by atoms with van der Waals surface area (Å²) in [5, 5.41) is 7.42. The van der Waals surface area contributed by atoms with E-state index in [0.717, 1.165) is 24.9 Å². The topological polar surface area (TPSA) is 41.1 Å². The van der Waals surface area contributed by atoms with Crippen LogP contribution >= 0.6 is 23.2 Å². The Hall–Kier alpha value is -0.770. The van der Waals surface area contributed by atoms with Gasteiger partial charge < -0.3 is 10.6 Å². The molecule has 110 valence electrons. The Balaban J connectivity index is 2.01. The van der Waals surface area contributed by atoms with E-state index in [-0.39, 0.29) is 5.91 Å². The van der Waals surface area contributed by atoms with Gasteiger partial charge in [-0.25, -0.2) is 0 Å². The van der Waals surface area contributed by atoms with E-state index >= 15 is 0 Å². The van der Waals surface area contributed by atoms with E-state index in [2.05, 4.69) is 10.6 Å². The Morgan fingerprint density at radius 1 is 1.40 bits per heavy atom. The fraction of sp³-hybridized carbons (Fsp3) is 0.533. The molecule has 0 bridgehead atoms. The number of halogens is 2. The number of hydrogen-bond donors (Lipinski definition) is 2. The van der Waals surface area contributed by atoms with Crippen LogP contribution in [0.2, 0.25) is 10.0 Å². The second kappa shape index (κ2) is 6.33. The molecule has 2 N–H and O–H groups in total. The van der Waals surface area contributed by atoms with Crippen molar-refractivity contribution in [1.29, 1.82) is 0 Å². The van der Waals surface area contributed by atoms with Gasteiger partial charge in [0.1, 0.15) is 0 Å². The lowest BCUT2D eigenvalue weighted by Gasteiger charge is -2.28. The summed E-state index contributed by atoms with van der Waals surface area (Å²) in [6.07, 6.45) is 2.74. The molecule has 1 aromatic rings. The van der Waals surface area contributed by atoms with E-state index in [9.17, 15) is 4.79 Å². The predicted octanol–water partition coefficient (Wildman–Crippen LogP) is 3.49. The highest BCUT2D eigenvalue weighted by atomic mass is 35.5. The number of nitrogens with one attached hydrogen (secondary N) is 2. The Morgan fingerprint density at radius 3 is 2.75 bits per heavy atom. The molecule has 1 atom stereocenters. The first kappa shape index (κ1) is 15.6. The SMILES string of the molecule is CC(C)(NC(=O)CC1CCCN1)c1ccc(Cl)c(Cl)c1. The molecule has 0 aromatic heterocycles. The highest BCUT2D eigenvalue weighted by molar-refractivity contribution is 6.42. The van der Waals surface area contributed by atoms with Crippen LogP contribution in [0.5, 0.6) is 0 Å². The van der Waals surface area contributed by atoms with E-state index in [0.29, 0.717) is 22.5 Å². The van der Waals surface area contributed by atoms with Gasteiger partial charge in [-0.15, -0.1) is 0 Å². The Morgan fingerprint density at radius 2 is 2.15 bits per heavy atom. The molecule has 0 radical (unpaired) electrons. The van der Waals surface area contributed by atoms with Crippen molar-refractivity contribution in [2.24, 2.45) is 0 Å². The normalized spacial score (nSPS) is 19.1. The fourth-order valence-electron chi connectivity index (χ4n) is 2.51. The van der Waals surface area contributed by atoms with Crippen molar-refractivity contribution in [3.8, 4) is 0 Å². The van der Waals surface area contributed by atoms with E-state index in [4.69, 9.17) is 23.2 Å². The van der Waals surface area contributed by atoms with Crippen molar-refractivity contribution in [1.82, 2.24) is 10.6 Å². The number of rotatable bonds is 4. The highest BCUT2D eigenvalue weighted by Gasteiger charge is 2.25. The van der Waals surface area contributed by atoms with Gasteiger partial charge in [0.15, 0.2) is 0 Å². The van der Waals surface area contributed by atoms with E-state index in [1.54, 1.807) is 12.1 Å². The molecule has 0 spiro atoms. The molecule has 1 heterocycles. The Bertz CT molecular complexity index is 497. The lowest BCUT2D eigenvalue weighted by Crippen LogP contribution is -2.43. The van der Waals surface area contributed by atoms with Crippen LogP contribution in [-0.4, -0.2) is 18.5 Å². The largest absolute Gasteiger partial charge is 0.347 e. The number of carbonyl (C=O) groups is 1. The molecule has 1 aliphatic rings. The summed E-state index contributed by atoms with van der Waals surface area (Å²) in [4.78, 5) is 12.1. The van der Waals surface area contributed by atoms with Crippen LogP contribution in [0.4, 0.5) is 0 Å². The first-order chi connectivity index (χ1) is 9.38. The summed E-state index contributed by atoms with van der Waals surface area (Å²) in [7, 11) is 0. The second-order valence-electron chi connectivity index (χ2n) is 5.80. The van der Waals surface area contributed by atoms with Crippen LogP contribution in [0, 0.1) is 0 Å². The molecule has 1 aromatic carbocycles. The average molecular weight is 315 g/mol. The van der Waals surface area contributed by atoms with Crippen molar-refractivity contribution in [2.75, 3.05) is 6.54 Å². The van der Waals surface area contributed by atoms with Gasteiger partial charge >= 0.3 is 0 Å². The van der Waals surface area contributed by atoms with Gasteiger partial charge in [-0.1, -0.05) is 29.3 Å². The van der Waals surface area contributed by atoms with Gasteiger partial charge in [0.2, 0.25) is 5.91 Å². The van der Waals surface area contributed by atoms with Gasteiger partial charge in [0, 0.05) is 12.5 Å². The lowest BCUT2D eigenvalue weighted by molar-refractivity contribution is -0.123. The van der Waals surface area contributed by atoms with Crippen LogP contribution in [0.1, 0.15) is 38.7 Å². The molecule has 3 nitrogen and oxygen atoms in total. The monoisotopic (exact) mass is 314 g/mol. The lowest BCUT2D eigenvalue weighted by atomic mass is 9.94. The first-order valence-corrected chi connectivity index (χ1v) is 7.64. The zero-order valence-electron chi connectivity index (χ0n) is 11.8. The summed E-state index contributed by atoms with van der Waals surface area (Å²) >= 11 is 12.0. The van der Waals surface area contributed by atoms with Crippen LogP contribution < -0.4 is 10.6 Å². The standard InChI is InChI=1S/C15H20Cl2N2O/c1-15(2,10-5-6-12(16)13(17)8-10)19-14(20)9-11-4-3-7-18-11/h5-6,8,11,18H,3-4,7,9H2,1-2H3,(H,19,20). The van der Waals surface area contributed by atoms with Crippen LogP contribution in [0.3, 0.4) is 0 Å². The molecule has 1 saturated heterocycles. The molecule has 2 rings (SSSR count). The molecular weight excluding hydrogens is 295 g/mol. The summed E-state index contributed by atoms with van der Waals surface area (Å²) in [5.41, 5.74) is 0.476. The van der Waals surface area contributed by atoms with Crippen LogP contribution in [0.15, 0.2) is 18.2 Å². The van der Waals surface area contributed by atoms with Gasteiger partial charge in [0.05, 0.1) is 15.6 Å². The van der Waals surface area contributed by atoms with Gasteiger partial charge in [-0.3, -0.25) is 4.79 Å². The van der Waals surface area contributed by atoms with Crippen molar-refractivity contribution >= 4 is 29.1 Å². The van der Waals surface area contributed by atoms with Crippen molar-refractivity contribution in [3.63, 3.8) is 0 Å². The number of benzene rings is 1.